The van der Waals surface area contributed by atoms with Crippen LogP contribution in [-0.4, -0.2) is 37.0 Å². The monoisotopic (exact) mass is 352 g/mol. The van der Waals surface area contributed by atoms with E-state index < -0.39 is 0 Å². The van der Waals surface area contributed by atoms with E-state index in [4.69, 9.17) is 9.47 Å². The molecule has 6 nitrogen and oxygen atoms in total. The number of fused-ring (bicyclic) bond motifs is 1. The lowest BCUT2D eigenvalue weighted by Gasteiger charge is -2.20. The van der Waals surface area contributed by atoms with Crippen molar-refractivity contribution in [3.63, 3.8) is 0 Å². The Balaban J connectivity index is 1.77. The van der Waals surface area contributed by atoms with E-state index in [0.29, 0.717) is 42.4 Å². The van der Waals surface area contributed by atoms with Crippen molar-refractivity contribution in [2.45, 2.75) is 6.54 Å². The Morgan fingerprint density at radius 2 is 2.00 bits per heavy atom. The van der Waals surface area contributed by atoms with Crippen LogP contribution in [0.1, 0.15) is 15.9 Å². The summed E-state index contributed by atoms with van der Waals surface area (Å²) in [5.41, 5.74) is 2.07. The molecular weight excluding hydrogens is 332 g/mol. The molecule has 0 fully saturated rings. The molecule has 0 bridgehead atoms. The Bertz CT molecular complexity index is 830. The Morgan fingerprint density at radius 3 is 2.69 bits per heavy atom. The fourth-order valence-electron chi connectivity index (χ4n) is 2.80. The van der Waals surface area contributed by atoms with E-state index in [9.17, 15) is 9.59 Å². The normalized spacial score (nSPS) is 13.0. The van der Waals surface area contributed by atoms with Crippen LogP contribution in [0.4, 0.5) is 5.69 Å². The largest absolute Gasteiger partial charge is 0.493 e. The molecule has 0 unspecified atom stereocenters. The number of methoxy groups -OCH3 is 1. The second-order valence-corrected chi connectivity index (χ2v) is 5.79. The minimum Gasteiger partial charge on any atom is -0.493 e. The third kappa shape index (κ3) is 3.69. The maximum atomic E-state index is 12.8. The average Bonchev–Trinajstić information content (AvgIpc) is 2.90. The van der Waals surface area contributed by atoms with E-state index >= 15 is 0 Å². The maximum Gasteiger partial charge on any atom is 0.254 e. The molecule has 1 aliphatic heterocycles. The Kier molecular flexibility index (Phi) is 5.22. The summed E-state index contributed by atoms with van der Waals surface area (Å²) < 4.78 is 11.1. The molecule has 2 amide bonds. The van der Waals surface area contributed by atoms with Crippen LogP contribution in [0.5, 0.6) is 11.5 Å². The topological polar surface area (TPSA) is 67.9 Å². The maximum absolute atomic E-state index is 12.8. The van der Waals surface area contributed by atoms with E-state index in [1.54, 1.807) is 36.3 Å². The molecule has 6 heteroatoms. The Hall–Kier alpha value is -3.28. The van der Waals surface area contributed by atoms with Gasteiger partial charge in [0.1, 0.15) is 6.61 Å². The third-order valence-electron chi connectivity index (χ3n) is 4.12. The van der Waals surface area contributed by atoms with Crippen LogP contribution in [0.3, 0.4) is 0 Å². The zero-order valence-corrected chi connectivity index (χ0v) is 14.5. The predicted molar refractivity (Wildman–Crippen MR) is 98.5 cm³/mol. The first-order valence-electron chi connectivity index (χ1n) is 8.24. The molecule has 0 saturated heterocycles. The second-order valence-electron chi connectivity index (χ2n) is 5.79. The van der Waals surface area contributed by atoms with Crippen LogP contribution in [0.25, 0.3) is 0 Å². The molecule has 0 aliphatic carbocycles. The van der Waals surface area contributed by atoms with Gasteiger partial charge in [0.15, 0.2) is 11.5 Å². The molecule has 1 heterocycles. The minimum atomic E-state index is -0.292. The number of carbonyl (C=O) groups excluding carboxylic acids is 2. The highest BCUT2D eigenvalue weighted by Crippen LogP contribution is 2.33. The number of benzene rings is 2. The van der Waals surface area contributed by atoms with Gasteiger partial charge < -0.3 is 19.7 Å². The van der Waals surface area contributed by atoms with Crippen molar-refractivity contribution in [2.75, 3.05) is 25.6 Å². The first-order valence-corrected chi connectivity index (χ1v) is 8.24. The Labute approximate surface area is 152 Å². The lowest BCUT2D eigenvalue weighted by molar-refractivity contribution is -0.111. The molecule has 0 atom stereocenters. The second kappa shape index (κ2) is 7.74. The molecule has 1 aliphatic rings. The summed E-state index contributed by atoms with van der Waals surface area (Å²) in [7, 11) is 1.60. The molecule has 26 heavy (non-hydrogen) atoms. The van der Waals surface area contributed by atoms with Crippen LogP contribution in [0.2, 0.25) is 0 Å². The van der Waals surface area contributed by atoms with Gasteiger partial charge in [-0.05, 0) is 36.4 Å². The molecule has 0 aromatic heterocycles. The first-order chi connectivity index (χ1) is 12.6. The van der Waals surface area contributed by atoms with Gasteiger partial charge in [0.2, 0.25) is 5.91 Å². The quantitative estimate of drug-likeness (QED) is 0.859. The molecule has 0 spiro atoms. The summed E-state index contributed by atoms with van der Waals surface area (Å²) >= 11 is 0. The van der Waals surface area contributed by atoms with E-state index in [1.165, 1.54) is 6.08 Å². The number of hydrogen-bond acceptors (Lipinski definition) is 4. The smallest absolute Gasteiger partial charge is 0.254 e. The number of ether oxygens (including phenoxy) is 2. The van der Waals surface area contributed by atoms with Gasteiger partial charge in [-0.25, -0.2) is 0 Å². The zero-order valence-electron chi connectivity index (χ0n) is 14.5. The highest BCUT2D eigenvalue weighted by Gasteiger charge is 2.23. The summed E-state index contributed by atoms with van der Waals surface area (Å²) in [4.78, 5) is 25.9. The molecule has 2 aromatic rings. The summed E-state index contributed by atoms with van der Waals surface area (Å²) in [5.74, 6) is 0.970. The van der Waals surface area contributed by atoms with Gasteiger partial charge in [0.05, 0.1) is 13.7 Å². The van der Waals surface area contributed by atoms with Crippen molar-refractivity contribution in [1.29, 1.82) is 0 Å². The SMILES string of the molecule is C=CC(=O)Nc1ccc(C(=O)N2CCOc3c(cccc3OC)C2)cc1. The first kappa shape index (κ1) is 17.5. The Morgan fingerprint density at radius 1 is 1.23 bits per heavy atom. The van der Waals surface area contributed by atoms with Crippen molar-refractivity contribution in [3.8, 4) is 11.5 Å². The summed E-state index contributed by atoms with van der Waals surface area (Å²) in [6.45, 7) is 4.73. The fraction of sp³-hybridized carbons (Fsp3) is 0.200. The van der Waals surface area contributed by atoms with Crippen LogP contribution in [0.15, 0.2) is 55.1 Å². The highest BCUT2D eigenvalue weighted by molar-refractivity contribution is 5.99. The molecule has 134 valence electrons. The summed E-state index contributed by atoms with van der Waals surface area (Å²) in [5, 5.41) is 2.66. The standard InChI is InChI=1S/C20H20N2O4/c1-3-18(23)21-16-9-7-14(8-10-16)20(24)22-11-12-26-19-15(13-22)5-4-6-17(19)25-2/h3-10H,1,11-13H2,2H3,(H,21,23). The van der Waals surface area contributed by atoms with Crippen molar-refractivity contribution < 1.29 is 19.1 Å². The van der Waals surface area contributed by atoms with Gasteiger partial charge >= 0.3 is 0 Å². The van der Waals surface area contributed by atoms with Crippen molar-refractivity contribution >= 4 is 17.5 Å². The van der Waals surface area contributed by atoms with Gasteiger partial charge in [0.25, 0.3) is 5.91 Å². The average molecular weight is 352 g/mol. The summed E-state index contributed by atoms with van der Waals surface area (Å²) in [6.07, 6.45) is 1.20. The van der Waals surface area contributed by atoms with E-state index in [2.05, 4.69) is 11.9 Å². The van der Waals surface area contributed by atoms with Crippen molar-refractivity contribution in [2.24, 2.45) is 0 Å². The molecule has 2 aromatic carbocycles. The van der Waals surface area contributed by atoms with Gasteiger partial charge in [-0.2, -0.15) is 0 Å². The van der Waals surface area contributed by atoms with Gasteiger partial charge in [-0.3, -0.25) is 9.59 Å². The lowest BCUT2D eigenvalue weighted by atomic mass is 10.1. The van der Waals surface area contributed by atoms with E-state index in [-0.39, 0.29) is 11.8 Å². The number of rotatable bonds is 4. The summed E-state index contributed by atoms with van der Waals surface area (Å²) in [6, 6.07) is 12.4. The van der Waals surface area contributed by atoms with Gasteiger partial charge in [-0.15, -0.1) is 0 Å². The predicted octanol–water partition coefficient (Wildman–Crippen LogP) is 2.85. The van der Waals surface area contributed by atoms with Gasteiger partial charge in [0, 0.05) is 23.4 Å². The molecular formula is C20H20N2O4. The highest BCUT2D eigenvalue weighted by atomic mass is 16.5. The number of amides is 2. The zero-order chi connectivity index (χ0) is 18.5. The van der Waals surface area contributed by atoms with Crippen LogP contribution >= 0.6 is 0 Å². The van der Waals surface area contributed by atoms with Crippen molar-refractivity contribution in [1.82, 2.24) is 4.90 Å². The number of nitrogens with zero attached hydrogens (tertiary/aromatic N) is 1. The van der Waals surface area contributed by atoms with E-state index in [0.717, 1.165) is 5.56 Å². The molecule has 3 rings (SSSR count). The number of nitrogens with one attached hydrogen (secondary N) is 1. The number of para-hydroxylation sites is 1. The number of hydrogen-bond donors (Lipinski definition) is 1. The lowest BCUT2D eigenvalue weighted by Crippen LogP contribution is -2.32. The molecule has 0 saturated carbocycles. The fourth-order valence-corrected chi connectivity index (χ4v) is 2.80. The van der Waals surface area contributed by atoms with Crippen LogP contribution in [-0.2, 0) is 11.3 Å². The molecule has 1 N–H and O–H groups in total. The van der Waals surface area contributed by atoms with E-state index in [1.807, 2.05) is 18.2 Å². The number of anilines is 1. The van der Waals surface area contributed by atoms with Crippen molar-refractivity contribution in [3.05, 3.63) is 66.2 Å². The van der Waals surface area contributed by atoms with Crippen LogP contribution in [0, 0.1) is 0 Å². The third-order valence-corrected chi connectivity index (χ3v) is 4.12. The number of carbonyl (C=O) groups is 2. The minimum absolute atomic E-state index is 0.0918. The molecule has 0 radical (unpaired) electrons. The van der Waals surface area contributed by atoms with Crippen LogP contribution < -0.4 is 14.8 Å². The van der Waals surface area contributed by atoms with Gasteiger partial charge in [-0.1, -0.05) is 18.7 Å².